The molecule has 2 fully saturated rings. The van der Waals surface area contributed by atoms with Crippen LogP contribution >= 0.6 is 12.2 Å². The Bertz CT molecular complexity index is 1020. The molecule has 144 valence electrons. The third-order valence-corrected chi connectivity index (χ3v) is 5.57. The normalized spacial score (nSPS) is 17.5. The molecule has 0 bridgehead atoms. The van der Waals surface area contributed by atoms with E-state index in [-0.39, 0.29) is 23.1 Å². The number of aromatic nitrogens is 1. The molecule has 1 aliphatic carbocycles. The molecule has 7 nitrogen and oxygen atoms in total. The topological polar surface area (TPSA) is 74.6 Å². The van der Waals surface area contributed by atoms with Gasteiger partial charge in [0.25, 0.3) is 11.8 Å². The van der Waals surface area contributed by atoms with Gasteiger partial charge in [0.2, 0.25) is 5.91 Å². The number of carbonyl (C=O) groups is 3. The lowest BCUT2D eigenvalue weighted by Gasteiger charge is -2.31. The molecule has 1 saturated carbocycles. The standard InChI is InChI=1S/C20H20N4O3S/c1-22-18(26)15(19(27)23(2)20(22)28)9-12-10-24(11-17(25)21-13-7-8-13)16-6-4-3-5-14(12)16/h3-6,9-10,13H,7-8,11H2,1-2H3,(H,21,25). The second-order valence-electron chi connectivity index (χ2n) is 7.14. The third kappa shape index (κ3) is 3.20. The summed E-state index contributed by atoms with van der Waals surface area (Å²) in [7, 11) is 3.10. The maximum absolute atomic E-state index is 12.6. The van der Waals surface area contributed by atoms with E-state index in [1.165, 1.54) is 9.80 Å². The first-order valence-electron chi connectivity index (χ1n) is 9.06. The third-order valence-electron chi connectivity index (χ3n) is 5.02. The van der Waals surface area contributed by atoms with Crippen molar-refractivity contribution in [2.75, 3.05) is 14.1 Å². The molecular formula is C20H20N4O3S. The Labute approximate surface area is 167 Å². The van der Waals surface area contributed by atoms with Crippen molar-refractivity contribution in [3.63, 3.8) is 0 Å². The Morgan fingerprint density at radius 3 is 2.46 bits per heavy atom. The van der Waals surface area contributed by atoms with Crippen LogP contribution in [-0.2, 0) is 20.9 Å². The van der Waals surface area contributed by atoms with E-state index < -0.39 is 11.8 Å². The van der Waals surface area contributed by atoms with Gasteiger partial charge in [-0.2, -0.15) is 0 Å². The Hall–Kier alpha value is -3.00. The monoisotopic (exact) mass is 396 g/mol. The Kier molecular flexibility index (Phi) is 4.50. The number of nitrogens with zero attached hydrogens (tertiary/aromatic N) is 3. The minimum absolute atomic E-state index is 0.0444. The van der Waals surface area contributed by atoms with Crippen molar-refractivity contribution < 1.29 is 14.4 Å². The molecular weight excluding hydrogens is 376 g/mol. The molecule has 3 amide bonds. The SMILES string of the molecule is CN1C(=O)C(=Cc2cn(CC(=O)NC3CC3)c3ccccc23)C(=O)N(C)C1=S. The van der Waals surface area contributed by atoms with Gasteiger partial charge in [-0.3, -0.25) is 24.2 Å². The highest BCUT2D eigenvalue weighted by Crippen LogP contribution is 2.26. The van der Waals surface area contributed by atoms with Crippen molar-refractivity contribution in [1.82, 2.24) is 19.7 Å². The molecule has 1 saturated heterocycles. The first-order chi connectivity index (χ1) is 13.4. The molecule has 1 aromatic heterocycles. The van der Waals surface area contributed by atoms with Crippen molar-refractivity contribution in [1.29, 1.82) is 0 Å². The van der Waals surface area contributed by atoms with Crippen molar-refractivity contribution in [2.45, 2.75) is 25.4 Å². The number of likely N-dealkylation sites (N-methyl/N-ethyl adjacent to an activating group) is 2. The van der Waals surface area contributed by atoms with Crippen LogP contribution in [0.4, 0.5) is 0 Å². The molecule has 2 aromatic rings. The summed E-state index contributed by atoms with van der Waals surface area (Å²) in [6.07, 6.45) is 5.44. The van der Waals surface area contributed by atoms with Crippen LogP contribution in [0.2, 0.25) is 0 Å². The number of thiocarbonyl (C=S) groups is 1. The average molecular weight is 396 g/mol. The van der Waals surface area contributed by atoms with Gasteiger partial charge in [-0.1, -0.05) is 18.2 Å². The predicted octanol–water partition coefficient (Wildman–Crippen LogP) is 1.52. The molecule has 0 unspecified atom stereocenters. The summed E-state index contributed by atoms with van der Waals surface area (Å²) < 4.78 is 1.84. The van der Waals surface area contributed by atoms with Gasteiger partial charge >= 0.3 is 0 Å². The number of hydrogen-bond acceptors (Lipinski definition) is 4. The van der Waals surface area contributed by atoms with Gasteiger partial charge < -0.3 is 9.88 Å². The molecule has 2 heterocycles. The smallest absolute Gasteiger partial charge is 0.265 e. The molecule has 8 heteroatoms. The molecule has 0 atom stereocenters. The number of rotatable bonds is 4. The highest BCUT2D eigenvalue weighted by molar-refractivity contribution is 7.80. The predicted molar refractivity (Wildman–Crippen MR) is 109 cm³/mol. The van der Waals surface area contributed by atoms with Gasteiger partial charge in [0.1, 0.15) is 12.1 Å². The van der Waals surface area contributed by atoms with Crippen molar-refractivity contribution in [3.05, 3.63) is 41.6 Å². The molecule has 0 spiro atoms. The minimum atomic E-state index is -0.434. The van der Waals surface area contributed by atoms with Gasteiger partial charge in [-0.25, -0.2) is 0 Å². The van der Waals surface area contributed by atoms with E-state index in [9.17, 15) is 14.4 Å². The number of para-hydroxylation sites is 1. The Morgan fingerprint density at radius 1 is 1.18 bits per heavy atom. The quantitative estimate of drug-likeness (QED) is 0.483. The molecule has 2 aliphatic rings. The van der Waals surface area contributed by atoms with Gasteiger partial charge in [0, 0.05) is 42.8 Å². The first kappa shape index (κ1) is 18.4. The fourth-order valence-corrected chi connectivity index (χ4v) is 3.47. The minimum Gasteiger partial charge on any atom is -0.352 e. The Balaban J connectivity index is 1.73. The van der Waals surface area contributed by atoms with E-state index in [2.05, 4.69) is 5.32 Å². The maximum Gasteiger partial charge on any atom is 0.265 e. The zero-order chi connectivity index (χ0) is 20.0. The number of nitrogens with one attached hydrogen (secondary N) is 1. The Morgan fingerprint density at radius 2 is 1.82 bits per heavy atom. The lowest BCUT2D eigenvalue weighted by atomic mass is 10.1. The second-order valence-corrected chi connectivity index (χ2v) is 7.51. The lowest BCUT2D eigenvalue weighted by molar-refractivity contribution is -0.132. The summed E-state index contributed by atoms with van der Waals surface area (Å²) in [5, 5.41) is 4.02. The summed E-state index contributed by atoms with van der Waals surface area (Å²) in [6.45, 7) is 0.186. The van der Waals surface area contributed by atoms with Gasteiger partial charge in [0.15, 0.2) is 5.11 Å². The van der Waals surface area contributed by atoms with Crippen LogP contribution in [0, 0.1) is 0 Å². The molecule has 0 radical (unpaired) electrons. The van der Waals surface area contributed by atoms with E-state index >= 15 is 0 Å². The molecule has 4 rings (SSSR count). The summed E-state index contributed by atoms with van der Waals surface area (Å²) >= 11 is 5.13. The van der Waals surface area contributed by atoms with Gasteiger partial charge in [0.05, 0.1) is 0 Å². The van der Waals surface area contributed by atoms with E-state index in [4.69, 9.17) is 12.2 Å². The highest BCUT2D eigenvalue weighted by Gasteiger charge is 2.35. The van der Waals surface area contributed by atoms with Gasteiger partial charge in [-0.15, -0.1) is 0 Å². The summed E-state index contributed by atoms with van der Waals surface area (Å²) in [5.74, 6) is -0.912. The second kappa shape index (κ2) is 6.87. The largest absolute Gasteiger partial charge is 0.352 e. The van der Waals surface area contributed by atoms with Crippen molar-refractivity contribution in [2.24, 2.45) is 0 Å². The summed E-state index contributed by atoms with van der Waals surface area (Å²) in [6, 6.07) is 7.90. The summed E-state index contributed by atoms with van der Waals surface area (Å²) in [5.41, 5.74) is 1.62. The van der Waals surface area contributed by atoms with E-state index in [0.29, 0.717) is 11.6 Å². The lowest BCUT2D eigenvalue weighted by Crippen LogP contribution is -2.52. The number of amides is 3. The van der Waals surface area contributed by atoms with Crippen LogP contribution in [0.25, 0.3) is 17.0 Å². The molecule has 1 N–H and O–H groups in total. The number of fused-ring (bicyclic) bond motifs is 1. The van der Waals surface area contributed by atoms with Crippen LogP contribution in [0.15, 0.2) is 36.0 Å². The first-order valence-corrected chi connectivity index (χ1v) is 9.46. The zero-order valence-corrected chi connectivity index (χ0v) is 16.5. The van der Waals surface area contributed by atoms with Crippen molar-refractivity contribution >= 4 is 52.0 Å². The highest BCUT2D eigenvalue weighted by atomic mass is 32.1. The number of benzene rings is 1. The fraction of sp³-hybridized carbons (Fsp3) is 0.300. The molecule has 28 heavy (non-hydrogen) atoms. The van der Waals surface area contributed by atoms with E-state index in [1.54, 1.807) is 26.4 Å². The van der Waals surface area contributed by atoms with E-state index in [0.717, 1.165) is 23.7 Å². The zero-order valence-electron chi connectivity index (χ0n) is 15.6. The maximum atomic E-state index is 12.6. The fourth-order valence-electron chi connectivity index (χ4n) is 3.31. The number of hydrogen-bond donors (Lipinski definition) is 1. The van der Waals surface area contributed by atoms with E-state index in [1.807, 2.05) is 28.8 Å². The van der Waals surface area contributed by atoms with Crippen LogP contribution in [-0.4, -0.2) is 57.3 Å². The molecule has 1 aliphatic heterocycles. The van der Waals surface area contributed by atoms with Crippen LogP contribution in [0.3, 0.4) is 0 Å². The summed E-state index contributed by atoms with van der Waals surface area (Å²) in [4.78, 5) is 40.0. The van der Waals surface area contributed by atoms with Crippen LogP contribution in [0.1, 0.15) is 18.4 Å². The van der Waals surface area contributed by atoms with Gasteiger partial charge in [-0.05, 0) is 37.2 Å². The van der Waals surface area contributed by atoms with Crippen LogP contribution in [0.5, 0.6) is 0 Å². The number of carbonyl (C=O) groups excluding carboxylic acids is 3. The molecule has 1 aromatic carbocycles. The van der Waals surface area contributed by atoms with Crippen molar-refractivity contribution in [3.8, 4) is 0 Å². The average Bonchev–Trinajstić information content (AvgIpc) is 3.43. The van der Waals surface area contributed by atoms with Crippen LogP contribution < -0.4 is 5.32 Å².